The van der Waals surface area contributed by atoms with Gasteiger partial charge in [-0.15, -0.1) is 0 Å². The molecule has 1 N–H and O–H groups in total. The molecule has 6 heteroatoms. The molecular weight excluding hydrogens is 283 g/mol. The van der Waals surface area contributed by atoms with E-state index in [2.05, 4.69) is 15.4 Å². The molecule has 1 aliphatic heterocycles. The van der Waals surface area contributed by atoms with Crippen molar-refractivity contribution in [2.75, 3.05) is 5.32 Å². The van der Waals surface area contributed by atoms with Gasteiger partial charge in [0, 0.05) is 11.9 Å². The topological polar surface area (TPSA) is 59.3 Å². The zero-order chi connectivity index (χ0) is 15.4. The Morgan fingerprint density at radius 2 is 2.14 bits per heavy atom. The van der Waals surface area contributed by atoms with Crippen LogP contribution in [0.5, 0.6) is 0 Å². The molecule has 2 aromatic heterocycles. The third-order valence-corrected chi connectivity index (χ3v) is 4.23. The zero-order valence-corrected chi connectivity index (χ0v) is 12.1. The highest BCUT2D eigenvalue weighted by Gasteiger charge is 2.35. The Labute approximate surface area is 125 Å². The third kappa shape index (κ3) is 1.67. The summed E-state index contributed by atoms with van der Waals surface area (Å²) in [5.41, 5.74) is 4.84. The number of hydrogen-bond donors (Lipinski definition) is 1. The highest BCUT2D eigenvalue weighted by atomic mass is 19.1. The first-order valence-corrected chi connectivity index (χ1v) is 6.96. The van der Waals surface area contributed by atoms with Gasteiger partial charge in [0.25, 0.3) is 0 Å². The van der Waals surface area contributed by atoms with Crippen molar-refractivity contribution in [3.05, 3.63) is 58.9 Å². The minimum atomic E-state index is -0.547. The van der Waals surface area contributed by atoms with Crippen LogP contribution in [0.2, 0.25) is 0 Å². The maximum absolute atomic E-state index is 13.4. The molecule has 110 valence electrons. The molecule has 1 aliphatic rings. The highest BCUT2D eigenvalue weighted by Crippen LogP contribution is 2.38. The second kappa shape index (κ2) is 4.37. The summed E-state index contributed by atoms with van der Waals surface area (Å²) in [7, 11) is 0. The van der Waals surface area contributed by atoms with Crippen LogP contribution in [0.3, 0.4) is 0 Å². The molecule has 4 rings (SSSR count). The van der Waals surface area contributed by atoms with E-state index in [1.807, 2.05) is 20.0 Å². The van der Waals surface area contributed by atoms with Gasteiger partial charge >= 0.3 is 0 Å². The lowest BCUT2D eigenvalue weighted by Crippen LogP contribution is -2.16. The number of rotatable bonds is 1. The highest BCUT2D eigenvalue weighted by molar-refractivity contribution is 6.05. The number of nitrogens with one attached hydrogen (secondary N) is 1. The zero-order valence-electron chi connectivity index (χ0n) is 12.1. The Morgan fingerprint density at radius 3 is 2.95 bits per heavy atom. The predicted molar refractivity (Wildman–Crippen MR) is 79.3 cm³/mol. The number of aryl methyl sites for hydroxylation is 2. The molecule has 0 saturated carbocycles. The van der Waals surface area contributed by atoms with Crippen molar-refractivity contribution in [3.63, 3.8) is 0 Å². The number of fused-ring (bicyclic) bond motifs is 2. The van der Waals surface area contributed by atoms with Gasteiger partial charge in [0.05, 0.1) is 11.2 Å². The maximum Gasteiger partial charge on any atom is 0.238 e. The van der Waals surface area contributed by atoms with E-state index in [0.29, 0.717) is 11.4 Å². The van der Waals surface area contributed by atoms with E-state index in [0.717, 1.165) is 22.2 Å². The Bertz CT molecular complexity index is 931. The van der Waals surface area contributed by atoms with Crippen molar-refractivity contribution in [1.82, 2.24) is 14.6 Å². The van der Waals surface area contributed by atoms with E-state index in [-0.39, 0.29) is 11.7 Å². The average molecular weight is 296 g/mol. The normalized spacial score (nSPS) is 16.9. The Morgan fingerprint density at radius 1 is 1.32 bits per heavy atom. The molecule has 0 fully saturated rings. The lowest BCUT2D eigenvalue weighted by Gasteiger charge is -2.10. The van der Waals surface area contributed by atoms with Gasteiger partial charge in [-0.05, 0) is 42.7 Å². The van der Waals surface area contributed by atoms with E-state index < -0.39 is 5.92 Å². The second-order valence-electron chi connectivity index (χ2n) is 5.53. The summed E-state index contributed by atoms with van der Waals surface area (Å²) in [6.45, 7) is 3.97. The predicted octanol–water partition coefficient (Wildman–Crippen LogP) is 2.57. The second-order valence-corrected chi connectivity index (χ2v) is 5.53. The fourth-order valence-electron chi connectivity index (χ4n) is 3.03. The number of amides is 1. The molecule has 0 saturated heterocycles. The van der Waals surface area contributed by atoms with Gasteiger partial charge in [-0.3, -0.25) is 4.79 Å². The quantitative estimate of drug-likeness (QED) is 0.751. The molecule has 0 radical (unpaired) electrons. The van der Waals surface area contributed by atoms with Crippen molar-refractivity contribution >= 4 is 17.1 Å². The number of carbonyl (C=O) groups excluding carboxylic acids is 1. The molecule has 1 unspecified atom stereocenters. The first kappa shape index (κ1) is 12.9. The van der Waals surface area contributed by atoms with Crippen molar-refractivity contribution in [2.24, 2.45) is 0 Å². The van der Waals surface area contributed by atoms with Crippen LogP contribution < -0.4 is 5.32 Å². The smallest absolute Gasteiger partial charge is 0.238 e. The molecule has 3 aromatic rings. The summed E-state index contributed by atoms with van der Waals surface area (Å²) in [5.74, 6) is -1.12. The van der Waals surface area contributed by atoms with E-state index in [4.69, 9.17) is 0 Å². The van der Waals surface area contributed by atoms with Crippen LogP contribution in [-0.4, -0.2) is 20.5 Å². The largest absolute Gasteiger partial charge is 0.325 e. The van der Waals surface area contributed by atoms with Crippen LogP contribution in [0, 0.1) is 19.7 Å². The number of hydrogen-bond acceptors (Lipinski definition) is 3. The molecule has 0 bridgehead atoms. The Kier molecular flexibility index (Phi) is 2.57. The number of aromatic nitrogens is 3. The van der Waals surface area contributed by atoms with Gasteiger partial charge in [0.1, 0.15) is 18.1 Å². The van der Waals surface area contributed by atoms with E-state index in [1.54, 1.807) is 10.6 Å². The summed E-state index contributed by atoms with van der Waals surface area (Å²) in [6.07, 6.45) is 3.35. The first-order chi connectivity index (χ1) is 10.6. The standard InChI is InChI=1S/C16H13FN4O/c1-8-6-21-15(9(8)2)14(18-7-19-21)13-11-4-3-10(17)5-12(11)20-16(13)22/h3-7,13H,1-2H3,(H,20,22). The SMILES string of the molecule is Cc1cn2ncnc(C3C(=O)Nc4cc(F)ccc43)c2c1C. The number of carbonyl (C=O) groups is 1. The van der Waals surface area contributed by atoms with Crippen LogP contribution in [-0.2, 0) is 4.79 Å². The maximum atomic E-state index is 13.4. The Hall–Kier alpha value is -2.76. The average Bonchev–Trinajstić information content (AvgIpc) is 2.95. The molecular formula is C16H13FN4O. The van der Waals surface area contributed by atoms with Gasteiger partial charge in [-0.25, -0.2) is 13.9 Å². The number of halogens is 1. The van der Waals surface area contributed by atoms with E-state index in [1.165, 1.54) is 18.5 Å². The van der Waals surface area contributed by atoms with Gasteiger partial charge in [0.2, 0.25) is 5.91 Å². The number of benzene rings is 1. The molecule has 22 heavy (non-hydrogen) atoms. The van der Waals surface area contributed by atoms with Crippen molar-refractivity contribution in [2.45, 2.75) is 19.8 Å². The van der Waals surface area contributed by atoms with Gasteiger partial charge in [0.15, 0.2) is 0 Å². The van der Waals surface area contributed by atoms with Gasteiger partial charge < -0.3 is 5.32 Å². The molecule has 0 spiro atoms. The lowest BCUT2D eigenvalue weighted by atomic mass is 9.95. The van der Waals surface area contributed by atoms with Gasteiger partial charge in [-0.2, -0.15) is 5.10 Å². The molecule has 1 amide bonds. The van der Waals surface area contributed by atoms with Crippen LogP contribution >= 0.6 is 0 Å². The fraction of sp³-hybridized carbons (Fsp3) is 0.188. The van der Waals surface area contributed by atoms with Crippen LogP contribution in [0.1, 0.15) is 28.3 Å². The van der Waals surface area contributed by atoms with Gasteiger partial charge in [-0.1, -0.05) is 6.07 Å². The number of anilines is 1. The van der Waals surface area contributed by atoms with Crippen LogP contribution in [0.15, 0.2) is 30.7 Å². The number of nitrogens with zero attached hydrogens (tertiary/aromatic N) is 3. The monoisotopic (exact) mass is 296 g/mol. The first-order valence-electron chi connectivity index (χ1n) is 6.96. The van der Waals surface area contributed by atoms with E-state index in [9.17, 15) is 9.18 Å². The minimum Gasteiger partial charge on any atom is -0.325 e. The van der Waals surface area contributed by atoms with Crippen molar-refractivity contribution in [3.8, 4) is 0 Å². The summed E-state index contributed by atoms with van der Waals surface area (Å²) in [5, 5.41) is 6.93. The lowest BCUT2D eigenvalue weighted by molar-refractivity contribution is -0.116. The summed E-state index contributed by atoms with van der Waals surface area (Å²) in [6, 6.07) is 4.33. The fourth-order valence-corrected chi connectivity index (χ4v) is 3.03. The van der Waals surface area contributed by atoms with E-state index >= 15 is 0 Å². The molecule has 1 atom stereocenters. The van der Waals surface area contributed by atoms with Crippen LogP contribution in [0.4, 0.5) is 10.1 Å². The Balaban J connectivity index is 1.99. The summed E-state index contributed by atoms with van der Waals surface area (Å²) < 4.78 is 15.1. The summed E-state index contributed by atoms with van der Waals surface area (Å²) in [4.78, 5) is 16.7. The minimum absolute atomic E-state index is 0.195. The van der Waals surface area contributed by atoms with Crippen molar-refractivity contribution in [1.29, 1.82) is 0 Å². The molecule has 5 nitrogen and oxygen atoms in total. The summed E-state index contributed by atoms with van der Waals surface area (Å²) >= 11 is 0. The molecule has 3 heterocycles. The molecule has 0 aliphatic carbocycles. The van der Waals surface area contributed by atoms with Crippen LogP contribution in [0.25, 0.3) is 5.52 Å². The third-order valence-electron chi connectivity index (χ3n) is 4.23. The molecule has 1 aromatic carbocycles. The van der Waals surface area contributed by atoms with Crippen molar-refractivity contribution < 1.29 is 9.18 Å².